The van der Waals surface area contributed by atoms with Crippen LogP contribution in [0.15, 0.2) is 6.20 Å². The molecule has 0 saturated heterocycles. The first kappa shape index (κ1) is 8.66. The predicted octanol–water partition coefficient (Wildman–Crippen LogP) is -1.22. The van der Waals surface area contributed by atoms with Crippen molar-refractivity contribution in [3.63, 3.8) is 0 Å². The monoisotopic (exact) mass is 169 g/mol. The van der Waals surface area contributed by atoms with Crippen LogP contribution >= 0.6 is 0 Å². The van der Waals surface area contributed by atoms with Crippen molar-refractivity contribution in [2.45, 2.75) is 19.5 Å². The van der Waals surface area contributed by atoms with Crippen molar-refractivity contribution in [3.05, 3.63) is 11.9 Å². The summed E-state index contributed by atoms with van der Waals surface area (Å²) in [5.41, 5.74) is 11.3. The van der Waals surface area contributed by atoms with Gasteiger partial charge in [-0.1, -0.05) is 5.21 Å². The molecule has 0 fully saturated rings. The highest BCUT2D eigenvalue weighted by molar-refractivity contribution is 5.73. The van der Waals surface area contributed by atoms with Crippen LogP contribution in [0.5, 0.6) is 0 Å². The molecule has 1 heterocycles. The maximum Gasteiger partial charge on any atom is 0.239 e. The summed E-state index contributed by atoms with van der Waals surface area (Å²) >= 11 is 0. The normalized spacial score (nSPS) is 12.8. The molecule has 1 aromatic rings. The molecular weight excluding hydrogens is 158 g/mol. The fourth-order valence-corrected chi connectivity index (χ4v) is 0.889. The van der Waals surface area contributed by atoms with Gasteiger partial charge in [0.25, 0.3) is 0 Å². The van der Waals surface area contributed by atoms with Crippen molar-refractivity contribution in [1.82, 2.24) is 15.0 Å². The van der Waals surface area contributed by atoms with Crippen molar-refractivity contribution in [2.24, 2.45) is 11.5 Å². The van der Waals surface area contributed by atoms with E-state index in [0.717, 1.165) is 0 Å². The molecule has 6 heteroatoms. The molecule has 0 radical (unpaired) electrons. The second-order valence-electron chi connectivity index (χ2n) is 2.57. The molecule has 0 spiro atoms. The summed E-state index contributed by atoms with van der Waals surface area (Å²) in [6.45, 7) is 1.81. The van der Waals surface area contributed by atoms with Gasteiger partial charge in [-0.2, -0.15) is 0 Å². The molecule has 1 atom stereocenters. The summed E-state index contributed by atoms with van der Waals surface area (Å²) < 4.78 is 1.40. The van der Waals surface area contributed by atoms with Crippen LogP contribution in [0.1, 0.15) is 18.7 Å². The van der Waals surface area contributed by atoms with Crippen LogP contribution in [0.25, 0.3) is 0 Å². The number of hydrogen-bond donors (Lipinski definition) is 2. The Morgan fingerprint density at radius 3 is 3.00 bits per heavy atom. The lowest BCUT2D eigenvalue weighted by atomic mass is 10.3. The minimum absolute atomic E-state index is 0.0247. The molecule has 12 heavy (non-hydrogen) atoms. The Bertz CT molecular complexity index is 279. The Morgan fingerprint density at radius 2 is 2.50 bits per heavy atom. The van der Waals surface area contributed by atoms with Gasteiger partial charge in [-0.15, -0.1) is 5.10 Å². The molecule has 0 unspecified atom stereocenters. The molecule has 0 aliphatic heterocycles. The Balaban J connectivity index is 2.84. The maximum atomic E-state index is 10.5. The molecule has 0 aliphatic carbocycles. The van der Waals surface area contributed by atoms with Gasteiger partial charge in [0.15, 0.2) is 0 Å². The van der Waals surface area contributed by atoms with Crippen molar-refractivity contribution in [2.75, 3.05) is 0 Å². The van der Waals surface area contributed by atoms with Crippen LogP contribution < -0.4 is 11.5 Å². The summed E-state index contributed by atoms with van der Waals surface area (Å²) in [7, 11) is 0. The van der Waals surface area contributed by atoms with E-state index in [1.165, 1.54) is 10.9 Å². The number of carbonyl (C=O) groups excluding carboxylic acids is 1. The molecule has 1 rings (SSSR count). The SMILES string of the molecule is C[C@@H](N)c1cnnn1CC(N)=O. The third-order valence-electron chi connectivity index (χ3n) is 1.42. The maximum absolute atomic E-state index is 10.5. The third kappa shape index (κ3) is 1.79. The quantitative estimate of drug-likeness (QED) is 0.592. The number of carbonyl (C=O) groups is 1. The van der Waals surface area contributed by atoms with E-state index in [-0.39, 0.29) is 12.6 Å². The largest absolute Gasteiger partial charge is 0.368 e. The van der Waals surface area contributed by atoms with Crippen LogP contribution in [0.2, 0.25) is 0 Å². The first-order valence-electron chi connectivity index (χ1n) is 3.53. The van der Waals surface area contributed by atoms with Crippen LogP contribution in [-0.4, -0.2) is 20.9 Å². The van der Waals surface area contributed by atoms with Gasteiger partial charge in [-0.05, 0) is 6.92 Å². The van der Waals surface area contributed by atoms with Crippen molar-refractivity contribution >= 4 is 5.91 Å². The van der Waals surface area contributed by atoms with Crippen LogP contribution in [0.3, 0.4) is 0 Å². The summed E-state index contributed by atoms with van der Waals surface area (Å²) in [4.78, 5) is 10.5. The molecule has 66 valence electrons. The van der Waals surface area contributed by atoms with Crippen LogP contribution in [0.4, 0.5) is 0 Å². The lowest BCUT2D eigenvalue weighted by Gasteiger charge is -2.05. The van der Waals surface area contributed by atoms with Crippen molar-refractivity contribution < 1.29 is 4.79 Å². The van der Waals surface area contributed by atoms with E-state index in [1.807, 2.05) is 0 Å². The van der Waals surface area contributed by atoms with Gasteiger partial charge in [-0.25, -0.2) is 4.68 Å². The van der Waals surface area contributed by atoms with E-state index >= 15 is 0 Å². The molecule has 0 saturated carbocycles. The number of primary amides is 1. The number of nitrogens with zero attached hydrogens (tertiary/aromatic N) is 3. The Hall–Kier alpha value is -1.43. The molecule has 0 aromatic carbocycles. The Labute approximate surface area is 69.5 Å². The molecule has 1 amide bonds. The van der Waals surface area contributed by atoms with Crippen molar-refractivity contribution in [3.8, 4) is 0 Å². The summed E-state index contributed by atoms with van der Waals surface area (Å²) in [5, 5.41) is 7.29. The van der Waals surface area contributed by atoms with Gasteiger partial charge in [0.05, 0.1) is 11.9 Å². The fourth-order valence-electron chi connectivity index (χ4n) is 0.889. The molecule has 6 nitrogen and oxygen atoms in total. The van der Waals surface area contributed by atoms with E-state index in [4.69, 9.17) is 11.5 Å². The number of amides is 1. The van der Waals surface area contributed by atoms with E-state index in [1.54, 1.807) is 6.92 Å². The average molecular weight is 169 g/mol. The second-order valence-corrected chi connectivity index (χ2v) is 2.57. The third-order valence-corrected chi connectivity index (χ3v) is 1.42. The number of rotatable bonds is 3. The predicted molar refractivity (Wildman–Crippen MR) is 41.8 cm³/mol. The Kier molecular flexibility index (Phi) is 2.39. The van der Waals surface area contributed by atoms with E-state index in [9.17, 15) is 4.79 Å². The van der Waals surface area contributed by atoms with Gasteiger partial charge in [0, 0.05) is 6.04 Å². The standard InChI is InChI=1S/C6H11N5O/c1-4(7)5-2-9-10-11(5)3-6(8)12/h2,4H,3,7H2,1H3,(H2,8,12)/t4-/m1/s1. The summed E-state index contributed by atoms with van der Waals surface area (Å²) in [6.07, 6.45) is 1.52. The zero-order valence-corrected chi connectivity index (χ0v) is 6.77. The number of hydrogen-bond acceptors (Lipinski definition) is 4. The lowest BCUT2D eigenvalue weighted by molar-refractivity contribution is -0.118. The first-order chi connectivity index (χ1) is 5.61. The fraction of sp³-hybridized carbons (Fsp3) is 0.500. The molecular formula is C6H11N5O. The van der Waals surface area contributed by atoms with Gasteiger partial charge < -0.3 is 11.5 Å². The number of nitrogens with two attached hydrogens (primary N) is 2. The van der Waals surface area contributed by atoms with Gasteiger partial charge >= 0.3 is 0 Å². The van der Waals surface area contributed by atoms with Gasteiger partial charge in [-0.3, -0.25) is 4.79 Å². The molecule has 0 bridgehead atoms. The molecule has 1 aromatic heterocycles. The highest BCUT2D eigenvalue weighted by Crippen LogP contribution is 2.05. The molecule has 4 N–H and O–H groups in total. The van der Waals surface area contributed by atoms with Crippen molar-refractivity contribution in [1.29, 1.82) is 0 Å². The summed E-state index contributed by atoms with van der Waals surface area (Å²) in [6, 6.07) is -0.195. The number of aromatic nitrogens is 3. The minimum Gasteiger partial charge on any atom is -0.368 e. The first-order valence-corrected chi connectivity index (χ1v) is 3.53. The highest BCUT2D eigenvalue weighted by atomic mass is 16.1. The minimum atomic E-state index is -0.456. The topological polar surface area (TPSA) is 99.8 Å². The second kappa shape index (κ2) is 3.31. The van der Waals surface area contributed by atoms with Gasteiger partial charge in [0.2, 0.25) is 5.91 Å². The van der Waals surface area contributed by atoms with E-state index < -0.39 is 5.91 Å². The zero-order chi connectivity index (χ0) is 9.14. The Morgan fingerprint density at radius 1 is 1.83 bits per heavy atom. The van der Waals surface area contributed by atoms with E-state index in [2.05, 4.69) is 10.3 Å². The van der Waals surface area contributed by atoms with Crippen LogP contribution in [-0.2, 0) is 11.3 Å². The van der Waals surface area contributed by atoms with E-state index in [0.29, 0.717) is 5.69 Å². The molecule has 0 aliphatic rings. The smallest absolute Gasteiger partial charge is 0.239 e. The highest BCUT2D eigenvalue weighted by Gasteiger charge is 2.09. The zero-order valence-electron chi connectivity index (χ0n) is 6.77. The van der Waals surface area contributed by atoms with Gasteiger partial charge in [0.1, 0.15) is 6.54 Å². The summed E-state index contributed by atoms with van der Waals surface area (Å²) in [5.74, 6) is -0.456. The average Bonchev–Trinajstić information content (AvgIpc) is 2.33. The lowest BCUT2D eigenvalue weighted by Crippen LogP contribution is -2.23. The van der Waals surface area contributed by atoms with Crippen LogP contribution in [0, 0.1) is 0 Å².